The van der Waals surface area contributed by atoms with Crippen LogP contribution in [0.4, 0.5) is 0 Å². The predicted octanol–water partition coefficient (Wildman–Crippen LogP) is 2.85. The molecule has 1 aliphatic heterocycles. The van der Waals surface area contributed by atoms with Crippen molar-refractivity contribution in [2.75, 3.05) is 31.9 Å². The van der Waals surface area contributed by atoms with E-state index < -0.39 is 0 Å². The maximum absolute atomic E-state index is 12.4. The van der Waals surface area contributed by atoms with E-state index in [1.54, 1.807) is 6.20 Å². The molecule has 1 saturated heterocycles. The SMILES string of the molecule is O=C(CSc1ccc(Br)cc1)N1CCN(C(=O)Cc2ccccn2)CC1. The van der Waals surface area contributed by atoms with E-state index in [0.717, 1.165) is 15.1 Å². The first-order chi connectivity index (χ1) is 12.6. The van der Waals surface area contributed by atoms with Crippen LogP contribution in [0, 0.1) is 0 Å². The molecule has 0 bridgehead atoms. The third-order valence-corrected chi connectivity index (χ3v) is 5.74. The molecule has 2 amide bonds. The van der Waals surface area contributed by atoms with Gasteiger partial charge in [0.15, 0.2) is 0 Å². The maximum Gasteiger partial charge on any atom is 0.233 e. The second kappa shape index (κ2) is 9.19. The molecule has 2 aromatic rings. The summed E-state index contributed by atoms with van der Waals surface area (Å²) in [4.78, 5) is 33.7. The van der Waals surface area contributed by atoms with Gasteiger partial charge in [0, 0.05) is 47.4 Å². The van der Waals surface area contributed by atoms with Crippen LogP contribution in [-0.4, -0.2) is 58.5 Å². The number of carbonyl (C=O) groups is 2. The van der Waals surface area contributed by atoms with Gasteiger partial charge in [0.05, 0.1) is 12.2 Å². The molecule has 1 fully saturated rings. The molecular weight excluding hydrogens is 414 g/mol. The van der Waals surface area contributed by atoms with Crippen molar-refractivity contribution in [1.82, 2.24) is 14.8 Å². The summed E-state index contributed by atoms with van der Waals surface area (Å²) in [6, 6.07) is 13.5. The monoisotopic (exact) mass is 433 g/mol. The van der Waals surface area contributed by atoms with E-state index in [0.29, 0.717) is 38.4 Å². The van der Waals surface area contributed by atoms with E-state index in [1.807, 2.05) is 52.3 Å². The molecule has 1 aliphatic rings. The van der Waals surface area contributed by atoms with Gasteiger partial charge in [-0.05, 0) is 36.4 Å². The minimum atomic E-state index is 0.0695. The van der Waals surface area contributed by atoms with Crippen molar-refractivity contribution in [1.29, 1.82) is 0 Å². The third-order valence-electron chi connectivity index (χ3n) is 4.22. The van der Waals surface area contributed by atoms with Crippen molar-refractivity contribution in [3.8, 4) is 0 Å². The molecule has 0 radical (unpaired) electrons. The number of thioether (sulfide) groups is 1. The lowest BCUT2D eigenvalue weighted by atomic mass is 10.2. The number of benzene rings is 1. The van der Waals surface area contributed by atoms with Crippen LogP contribution in [0.3, 0.4) is 0 Å². The molecule has 0 atom stereocenters. The summed E-state index contributed by atoms with van der Waals surface area (Å²) < 4.78 is 1.03. The van der Waals surface area contributed by atoms with Gasteiger partial charge in [-0.25, -0.2) is 0 Å². The minimum Gasteiger partial charge on any atom is -0.339 e. The van der Waals surface area contributed by atoms with Gasteiger partial charge in [-0.3, -0.25) is 14.6 Å². The minimum absolute atomic E-state index is 0.0695. The van der Waals surface area contributed by atoms with E-state index in [2.05, 4.69) is 20.9 Å². The number of hydrogen-bond donors (Lipinski definition) is 0. The zero-order valence-electron chi connectivity index (χ0n) is 14.3. The smallest absolute Gasteiger partial charge is 0.233 e. The molecule has 0 N–H and O–H groups in total. The molecule has 1 aromatic carbocycles. The molecular formula is C19H20BrN3O2S. The Bertz CT molecular complexity index is 747. The Morgan fingerprint density at radius 1 is 0.962 bits per heavy atom. The molecule has 3 rings (SSSR count). The van der Waals surface area contributed by atoms with Gasteiger partial charge in [0.2, 0.25) is 11.8 Å². The first-order valence-electron chi connectivity index (χ1n) is 8.45. The van der Waals surface area contributed by atoms with Gasteiger partial charge >= 0.3 is 0 Å². The van der Waals surface area contributed by atoms with Crippen LogP contribution in [0.1, 0.15) is 5.69 Å². The third kappa shape index (κ3) is 5.32. The zero-order valence-corrected chi connectivity index (χ0v) is 16.7. The second-order valence-corrected chi connectivity index (χ2v) is 7.97. The normalized spacial score (nSPS) is 14.3. The standard InChI is InChI=1S/C19H20BrN3O2S/c20-15-4-6-17(7-5-15)26-14-19(25)23-11-9-22(10-12-23)18(24)13-16-3-1-2-8-21-16/h1-8H,9-14H2. The average Bonchev–Trinajstić information content (AvgIpc) is 2.68. The quantitative estimate of drug-likeness (QED) is 0.680. The molecule has 0 unspecified atom stereocenters. The number of carbonyl (C=O) groups excluding carboxylic acids is 2. The number of amides is 2. The van der Waals surface area contributed by atoms with E-state index in [9.17, 15) is 9.59 Å². The first kappa shape index (κ1) is 18.9. The zero-order chi connectivity index (χ0) is 18.4. The Labute approximate surface area is 165 Å². The van der Waals surface area contributed by atoms with Crippen LogP contribution in [0.2, 0.25) is 0 Å². The van der Waals surface area contributed by atoms with Gasteiger partial charge in [0.25, 0.3) is 0 Å². The van der Waals surface area contributed by atoms with Crippen molar-refractivity contribution in [2.45, 2.75) is 11.3 Å². The Morgan fingerprint density at radius 3 is 2.23 bits per heavy atom. The summed E-state index contributed by atoms with van der Waals surface area (Å²) in [6.45, 7) is 2.35. The number of rotatable bonds is 5. The fraction of sp³-hybridized carbons (Fsp3) is 0.316. The number of hydrogen-bond acceptors (Lipinski definition) is 4. The van der Waals surface area contributed by atoms with Gasteiger partial charge in [-0.15, -0.1) is 11.8 Å². The highest BCUT2D eigenvalue weighted by molar-refractivity contribution is 9.10. The summed E-state index contributed by atoms with van der Waals surface area (Å²) in [6.07, 6.45) is 2.01. The van der Waals surface area contributed by atoms with Crippen molar-refractivity contribution in [3.63, 3.8) is 0 Å². The Hall–Kier alpha value is -1.86. The molecule has 1 aromatic heterocycles. The summed E-state index contributed by atoms with van der Waals surface area (Å²) in [5, 5.41) is 0. The lowest BCUT2D eigenvalue weighted by Gasteiger charge is -2.34. The summed E-state index contributed by atoms with van der Waals surface area (Å²) >= 11 is 4.94. The van der Waals surface area contributed by atoms with Crippen LogP contribution in [0.5, 0.6) is 0 Å². The highest BCUT2D eigenvalue weighted by Gasteiger charge is 2.24. The Balaban J connectivity index is 1.43. The molecule has 7 heteroatoms. The van der Waals surface area contributed by atoms with Crippen LogP contribution >= 0.6 is 27.7 Å². The predicted molar refractivity (Wildman–Crippen MR) is 106 cm³/mol. The number of pyridine rings is 1. The molecule has 0 aliphatic carbocycles. The fourth-order valence-electron chi connectivity index (χ4n) is 2.74. The molecule has 2 heterocycles. The second-order valence-electron chi connectivity index (χ2n) is 6.00. The largest absolute Gasteiger partial charge is 0.339 e. The van der Waals surface area contributed by atoms with Gasteiger partial charge in [-0.1, -0.05) is 22.0 Å². The molecule has 136 valence electrons. The average molecular weight is 434 g/mol. The topological polar surface area (TPSA) is 53.5 Å². The number of piperazine rings is 1. The van der Waals surface area contributed by atoms with Crippen molar-refractivity contribution >= 4 is 39.5 Å². The summed E-state index contributed by atoms with van der Waals surface area (Å²) in [7, 11) is 0. The van der Waals surface area contributed by atoms with Crippen molar-refractivity contribution in [2.24, 2.45) is 0 Å². The van der Waals surface area contributed by atoms with E-state index >= 15 is 0 Å². The first-order valence-corrected chi connectivity index (χ1v) is 10.2. The van der Waals surface area contributed by atoms with E-state index in [1.165, 1.54) is 11.8 Å². The molecule has 0 spiro atoms. The van der Waals surface area contributed by atoms with Crippen molar-refractivity contribution < 1.29 is 9.59 Å². The van der Waals surface area contributed by atoms with Crippen LogP contribution in [-0.2, 0) is 16.0 Å². The highest BCUT2D eigenvalue weighted by Crippen LogP contribution is 2.21. The molecule has 5 nitrogen and oxygen atoms in total. The maximum atomic E-state index is 12.4. The Morgan fingerprint density at radius 2 is 1.62 bits per heavy atom. The Kier molecular flexibility index (Phi) is 6.68. The van der Waals surface area contributed by atoms with E-state index in [4.69, 9.17) is 0 Å². The van der Waals surface area contributed by atoms with Crippen LogP contribution < -0.4 is 0 Å². The number of nitrogens with zero attached hydrogens (tertiary/aromatic N) is 3. The highest BCUT2D eigenvalue weighted by atomic mass is 79.9. The summed E-state index contributed by atoms with van der Waals surface area (Å²) in [5.74, 6) is 0.610. The molecule has 26 heavy (non-hydrogen) atoms. The van der Waals surface area contributed by atoms with E-state index in [-0.39, 0.29) is 11.8 Å². The fourth-order valence-corrected chi connectivity index (χ4v) is 3.81. The van der Waals surface area contributed by atoms with Gasteiger partial charge in [0.1, 0.15) is 0 Å². The van der Waals surface area contributed by atoms with Crippen LogP contribution in [0.25, 0.3) is 0 Å². The molecule has 0 saturated carbocycles. The van der Waals surface area contributed by atoms with Crippen LogP contribution in [0.15, 0.2) is 58.0 Å². The lowest BCUT2D eigenvalue weighted by Crippen LogP contribution is -2.51. The van der Waals surface area contributed by atoms with Crippen molar-refractivity contribution in [3.05, 3.63) is 58.8 Å². The number of halogens is 1. The lowest BCUT2D eigenvalue weighted by molar-refractivity contribution is -0.137. The van der Waals surface area contributed by atoms with Gasteiger partial charge < -0.3 is 9.80 Å². The number of aromatic nitrogens is 1. The van der Waals surface area contributed by atoms with Gasteiger partial charge in [-0.2, -0.15) is 0 Å². The summed E-state index contributed by atoms with van der Waals surface area (Å²) in [5.41, 5.74) is 0.780.